The van der Waals surface area contributed by atoms with Gasteiger partial charge in [-0.1, -0.05) is 27.7 Å². The fraction of sp³-hybridized carbons (Fsp3) is 0.455. The maximum atomic E-state index is 15.0. The lowest BCUT2D eigenvalue weighted by molar-refractivity contribution is -0.117. The van der Waals surface area contributed by atoms with Crippen LogP contribution in [0.5, 0.6) is 0 Å². The molecular weight excluding hydrogens is 481 g/mol. The summed E-state index contributed by atoms with van der Waals surface area (Å²) in [6.45, 7) is 7.81. The number of hydrogen-bond donors (Lipinski definition) is 3. The molecule has 1 aromatic carbocycles. The summed E-state index contributed by atoms with van der Waals surface area (Å²) in [6, 6.07) is 3.25. The lowest BCUT2D eigenvalue weighted by atomic mass is 9.85. The summed E-state index contributed by atoms with van der Waals surface area (Å²) < 4.78 is 34.1. The minimum Gasteiger partial charge on any atom is -0.393 e. The molecule has 0 aliphatic carbocycles. The van der Waals surface area contributed by atoms with Crippen molar-refractivity contribution in [3.05, 3.63) is 45.3 Å². The van der Waals surface area contributed by atoms with Crippen molar-refractivity contribution in [1.82, 2.24) is 9.71 Å². The van der Waals surface area contributed by atoms with Crippen LogP contribution in [0.4, 0.5) is 4.39 Å². The Balaban J connectivity index is 2.63. The first-order valence-corrected chi connectivity index (χ1v) is 12.6. The van der Waals surface area contributed by atoms with Gasteiger partial charge in [-0.25, -0.2) is 18.3 Å². The normalized spacial score (nSPS) is 14.7. The van der Waals surface area contributed by atoms with Gasteiger partial charge in [-0.05, 0) is 41.5 Å². The molecule has 3 N–H and O–H groups in total. The van der Waals surface area contributed by atoms with Crippen LogP contribution in [0, 0.1) is 28.6 Å². The summed E-state index contributed by atoms with van der Waals surface area (Å²) in [5.41, 5.74) is -0.655. The van der Waals surface area contributed by atoms with Crippen LogP contribution >= 0.6 is 11.3 Å². The number of benzene rings is 1. The van der Waals surface area contributed by atoms with E-state index < -0.39 is 40.3 Å². The predicted molar refractivity (Wildman–Crippen MR) is 124 cm³/mol. The summed E-state index contributed by atoms with van der Waals surface area (Å²) in [6.07, 6.45) is 2.23. The highest BCUT2D eigenvalue weighted by Crippen LogP contribution is 2.33. The van der Waals surface area contributed by atoms with Crippen molar-refractivity contribution < 1.29 is 23.6 Å². The van der Waals surface area contributed by atoms with Gasteiger partial charge in [-0.2, -0.15) is 10.5 Å². The Hall–Kier alpha value is -2.90. The van der Waals surface area contributed by atoms with Crippen molar-refractivity contribution in [1.29, 1.82) is 10.5 Å². The quantitative estimate of drug-likeness (QED) is 0.365. The molecule has 2 rings (SSSR count). The highest BCUT2D eigenvalue weighted by Gasteiger charge is 2.29. The van der Waals surface area contributed by atoms with Crippen molar-refractivity contribution in [2.45, 2.75) is 62.7 Å². The molecule has 2 atom stereocenters. The molecule has 34 heavy (non-hydrogen) atoms. The lowest BCUT2D eigenvalue weighted by Gasteiger charge is -2.20. The molecule has 12 heteroatoms. The number of carbonyl (C=O) groups excluding carboxylic acids is 1. The minimum atomic E-state index is -3.79. The first-order valence-electron chi connectivity index (χ1n) is 10.3. The van der Waals surface area contributed by atoms with Crippen LogP contribution in [0.15, 0.2) is 20.8 Å². The third-order valence-electron chi connectivity index (χ3n) is 5.03. The number of rotatable bonds is 8. The third kappa shape index (κ3) is 5.59. The van der Waals surface area contributed by atoms with Gasteiger partial charge in [0.25, 0.3) is 5.91 Å². The van der Waals surface area contributed by atoms with Crippen LogP contribution in [-0.2, 0) is 26.7 Å². The number of thiazole rings is 1. The number of aromatic nitrogens is 1. The molecule has 1 amide bonds. The molecule has 9 nitrogen and oxygen atoms in total. The van der Waals surface area contributed by atoms with E-state index in [-0.39, 0.29) is 32.2 Å². The van der Waals surface area contributed by atoms with E-state index in [1.165, 1.54) is 19.2 Å². The van der Waals surface area contributed by atoms with Gasteiger partial charge in [-0.15, -0.1) is 15.7 Å². The SMILES string of the molecule is CC(C)c1cc(C#N)c(F)c(C(C)C)c1CC(=O)N=S(=O)(NC#N)c1cnc([C@](C)(O)CO)s1. The summed E-state index contributed by atoms with van der Waals surface area (Å²) in [4.78, 5) is 16.9. The van der Waals surface area contributed by atoms with Crippen LogP contribution in [0.3, 0.4) is 0 Å². The van der Waals surface area contributed by atoms with Gasteiger partial charge >= 0.3 is 0 Å². The molecule has 2 aromatic rings. The zero-order valence-electron chi connectivity index (χ0n) is 19.4. The zero-order chi connectivity index (χ0) is 25.8. The molecule has 0 aliphatic heterocycles. The monoisotopic (exact) mass is 507 g/mol. The van der Waals surface area contributed by atoms with Crippen molar-refractivity contribution >= 4 is 27.2 Å². The average molecular weight is 508 g/mol. The second-order valence-electron chi connectivity index (χ2n) is 8.46. The van der Waals surface area contributed by atoms with Gasteiger partial charge < -0.3 is 10.2 Å². The van der Waals surface area contributed by atoms with Crippen molar-refractivity contribution in [2.75, 3.05) is 6.61 Å². The van der Waals surface area contributed by atoms with Gasteiger partial charge in [0, 0.05) is 0 Å². The van der Waals surface area contributed by atoms with Crippen molar-refractivity contribution in [3.63, 3.8) is 0 Å². The smallest absolute Gasteiger partial charge is 0.259 e. The summed E-state index contributed by atoms with van der Waals surface area (Å²) in [5.74, 6) is -2.07. The molecule has 0 spiro atoms. The van der Waals surface area contributed by atoms with Crippen LogP contribution in [0.1, 0.15) is 73.7 Å². The summed E-state index contributed by atoms with van der Waals surface area (Å²) in [5, 5.41) is 38.0. The van der Waals surface area contributed by atoms with E-state index in [1.54, 1.807) is 13.8 Å². The van der Waals surface area contributed by atoms with Crippen molar-refractivity contribution in [3.8, 4) is 12.3 Å². The number of aliphatic hydroxyl groups is 2. The molecular formula is C22H26FN5O4S2. The Kier molecular flexibility index (Phi) is 8.50. The molecule has 1 aromatic heterocycles. The number of amides is 1. The Morgan fingerprint density at radius 3 is 2.50 bits per heavy atom. The molecule has 0 fully saturated rings. The summed E-state index contributed by atoms with van der Waals surface area (Å²) in [7, 11) is -3.79. The van der Waals surface area contributed by atoms with Gasteiger partial charge in [-0.3, -0.25) is 4.79 Å². The van der Waals surface area contributed by atoms with Gasteiger partial charge in [0.15, 0.2) is 16.1 Å². The van der Waals surface area contributed by atoms with Gasteiger partial charge in [0.05, 0.1) is 24.8 Å². The molecule has 1 unspecified atom stereocenters. The fourth-order valence-electron chi connectivity index (χ4n) is 3.35. The third-order valence-corrected chi connectivity index (χ3v) is 8.49. The number of halogens is 1. The highest BCUT2D eigenvalue weighted by molar-refractivity contribution is 7.94. The Bertz CT molecular complexity index is 1300. The maximum absolute atomic E-state index is 15.0. The maximum Gasteiger partial charge on any atom is 0.259 e. The van der Waals surface area contributed by atoms with Gasteiger partial charge in [0.1, 0.15) is 26.7 Å². The van der Waals surface area contributed by atoms with E-state index in [0.29, 0.717) is 11.1 Å². The number of nitrogens with zero attached hydrogens (tertiary/aromatic N) is 4. The minimum absolute atomic E-state index is 0.0264. The predicted octanol–water partition coefficient (Wildman–Crippen LogP) is 3.18. The second-order valence-corrected chi connectivity index (χ2v) is 11.6. The Labute approximate surface area is 202 Å². The second kappa shape index (κ2) is 10.6. The number of nitriles is 2. The average Bonchev–Trinajstić information content (AvgIpc) is 3.25. The van der Waals surface area contributed by atoms with E-state index >= 15 is 4.39 Å². The first-order chi connectivity index (χ1) is 15.8. The van der Waals surface area contributed by atoms with E-state index in [1.807, 2.05) is 24.6 Å². The van der Waals surface area contributed by atoms with Crippen LogP contribution in [0.2, 0.25) is 0 Å². The fourth-order valence-corrected chi connectivity index (χ4v) is 5.86. The molecule has 0 aliphatic rings. The first kappa shape index (κ1) is 27.3. The van der Waals surface area contributed by atoms with E-state index in [4.69, 9.17) is 5.26 Å². The highest BCUT2D eigenvalue weighted by atomic mass is 32.2. The molecule has 182 valence electrons. The van der Waals surface area contributed by atoms with E-state index in [0.717, 1.165) is 17.5 Å². The molecule has 0 saturated carbocycles. The number of hydrogen-bond acceptors (Lipinski definition) is 8. The van der Waals surface area contributed by atoms with E-state index in [9.17, 15) is 24.5 Å². The van der Waals surface area contributed by atoms with Gasteiger partial charge in [0.2, 0.25) is 0 Å². The number of aliphatic hydroxyl groups excluding tert-OH is 1. The topological polar surface area (TPSA) is 159 Å². The number of nitrogens with one attached hydrogen (secondary N) is 1. The summed E-state index contributed by atoms with van der Waals surface area (Å²) >= 11 is 0.731. The largest absolute Gasteiger partial charge is 0.393 e. The number of carbonyl (C=O) groups is 1. The van der Waals surface area contributed by atoms with Crippen LogP contribution in [-0.4, -0.2) is 31.9 Å². The van der Waals surface area contributed by atoms with Crippen LogP contribution in [0.25, 0.3) is 0 Å². The molecule has 0 radical (unpaired) electrons. The van der Waals surface area contributed by atoms with Crippen LogP contribution < -0.4 is 4.72 Å². The standard InChI is InChI=1S/C22H26FN5O4S2/c1-12(2)15-6-14(8-24)20(23)19(13(3)4)16(15)7-17(30)28-34(32,27-11-25)18-9-26-21(33-18)22(5,31)10-29/h6,9,12-13,29,31H,7,10H2,1-5H3,(H,27,28,30,32)/t22-,34?/m1/s1. The lowest BCUT2D eigenvalue weighted by Crippen LogP contribution is -2.25. The van der Waals surface area contributed by atoms with Crippen molar-refractivity contribution in [2.24, 2.45) is 4.36 Å². The molecule has 0 bridgehead atoms. The zero-order valence-corrected chi connectivity index (χ0v) is 21.1. The van der Waals surface area contributed by atoms with E-state index in [2.05, 4.69) is 9.35 Å². The Morgan fingerprint density at radius 1 is 1.35 bits per heavy atom. The molecule has 0 saturated heterocycles. The Morgan fingerprint density at radius 2 is 2.00 bits per heavy atom. The molecule has 1 heterocycles.